The summed E-state index contributed by atoms with van der Waals surface area (Å²) < 4.78 is 5.44. The fourth-order valence-corrected chi connectivity index (χ4v) is 2.22. The second-order valence-corrected chi connectivity index (χ2v) is 5.94. The lowest BCUT2D eigenvalue weighted by atomic mass is 10.2. The fourth-order valence-electron chi connectivity index (χ4n) is 2.22. The standard InChI is InChI=1S/C14H22N4O2/c1-14(2,3)20-13(19)18-8-4-5-11(18)9-17-12-10-15-6-7-16-12/h6-7,10-11H,4-5,8-9H2,1-3H3,(H,16,17). The number of nitrogens with zero attached hydrogens (tertiary/aromatic N) is 3. The summed E-state index contributed by atoms with van der Waals surface area (Å²) in [5.74, 6) is 0.725. The van der Waals surface area contributed by atoms with Gasteiger partial charge in [-0.15, -0.1) is 0 Å². The van der Waals surface area contributed by atoms with Crippen LogP contribution in [0.5, 0.6) is 0 Å². The first kappa shape index (κ1) is 14.6. The van der Waals surface area contributed by atoms with Gasteiger partial charge in [-0.3, -0.25) is 4.98 Å². The largest absolute Gasteiger partial charge is 0.444 e. The van der Waals surface area contributed by atoms with Gasteiger partial charge < -0.3 is 15.0 Å². The minimum absolute atomic E-state index is 0.145. The van der Waals surface area contributed by atoms with E-state index in [2.05, 4.69) is 15.3 Å². The lowest BCUT2D eigenvalue weighted by Crippen LogP contribution is -2.42. The first-order valence-corrected chi connectivity index (χ1v) is 6.95. The molecule has 0 aliphatic carbocycles. The number of ether oxygens (including phenoxy) is 1. The van der Waals surface area contributed by atoms with E-state index in [0.29, 0.717) is 6.54 Å². The SMILES string of the molecule is CC(C)(C)OC(=O)N1CCCC1CNc1cnccn1. The van der Waals surface area contributed by atoms with Gasteiger partial charge >= 0.3 is 6.09 Å². The molecule has 1 atom stereocenters. The second-order valence-electron chi connectivity index (χ2n) is 5.94. The summed E-state index contributed by atoms with van der Waals surface area (Å²) in [6.07, 6.45) is 6.70. The summed E-state index contributed by atoms with van der Waals surface area (Å²) in [4.78, 5) is 22.1. The summed E-state index contributed by atoms with van der Waals surface area (Å²) in [5.41, 5.74) is -0.456. The van der Waals surface area contributed by atoms with Crippen molar-refractivity contribution in [2.45, 2.75) is 45.3 Å². The third-order valence-corrected chi connectivity index (χ3v) is 3.09. The van der Waals surface area contributed by atoms with E-state index < -0.39 is 5.60 Å². The van der Waals surface area contributed by atoms with E-state index in [1.165, 1.54) is 0 Å². The van der Waals surface area contributed by atoms with Crippen molar-refractivity contribution in [3.05, 3.63) is 18.6 Å². The van der Waals surface area contributed by atoms with E-state index in [1.54, 1.807) is 23.5 Å². The monoisotopic (exact) mass is 278 g/mol. The van der Waals surface area contributed by atoms with Crippen molar-refractivity contribution in [3.8, 4) is 0 Å². The molecule has 1 unspecified atom stereocenters. The summed E-state index contributed by atoms with van der Waals surface area (Å²) in [6.45, 7) is 7.06. The molecule has 1 aliphatic rings. The van der Waals surface area contributed by atoms with Crippen LogP contribution in [0.4, 0.5) is 10.6 Å². The van der Waals surface area contributed by atoms with Crippen LogP contribution in [-0.4, -0.2) is 45.7 Å². The summed E-state index contributed by atoms with van der Waals surface area (Å²) in [7, 11) is 0. The minimum Gasteiger partial charge on any atom is -0.444 e. The molecule has 1 N–H and O–H groups in total. The molecule has 2 heterocycles. The maximum Gasteiger partial charge on any atom is 0.410 e. The van der Waals surface area contributed by atoms with Crippen molar-refractivity contribution in [2.24, 2.45) is 0 Å². The third-order valence-electron chi connectivity index (χ3n) is 3.09. The molecule has 0 saturated carbocycles. The molecule has 0 aromatic carbocycles. The second kappa shape index (κ2) is 6.07. The molecule has 1 aromatic rings. The summed E-state index contributed by atoms with van der Waals surface area (Å²) >= 11 is 0. The molecular formula is C14H22N4O2. The molecule has 0 bridgehead atoms. The number of aromatic nitrogens is 2. The van der Waals surface area contributed by atoms with Crippen LogP contribution in [0, 0.1) is 0 Å². The van der Waals surface area contributed by atoms with Crippen LogP contribution in [0.2, 0.25) is 0 Å². The van der Waals surface area contributed by atoms with Crippen LogP contribution in [-0.2, 0) is 4.74 Å². The first-order valence-electron chi connectivity index (χ1n) is 6.95. The Hall–Kier alpha value is -1.85. The van der Waals surface area contributed by atoms with Gasteiger partial charge in [0.2, 0.25) is 0 Å². The Morgan fingerprint density at radius 2 is 2.30 bits per heavy atom. The van der Waals surface area contributed by atoms with Crippen LogP contribution in [0.15, 0.2) is 18.6 Å². The zero-order chi connectivity index (χ0) is 14.6. The number of amides is 1. The van der Waals surface area contributed by atoms with E-state index in [1.807, 2.05) is 20.8 Å². The number of carbonyl (C=O) groups excluding carboxylic acids is 1. The zero-order valence-corrected chi connectivity index (χ0v) is 12.3. The number of rotatable bonds is 3. The molecule has 0 spiro atoms. The van der Waals surface area contributed by atoms with Crippen LogP contribution < -0.4 is 5.32 Å². The molecule has 1 aromatic heterocycles. The molecule has 1 fully saturated rings. The highest BCUT2D eigenvalue weighted by Crippen LogP contribution is 2.21. The van der Waals surface area contributed by atoms with E-state index in [4.69, 9.17) is 4.74 Å². The molecule has 6 heteroatoms. The summed E-state index contributed by atoms with van der Waals surface area (Å²) in [5, 5.41) is 3.21. The Morgan fingerprint density at radius 1 is 1.50 bits per heavy atom. The topological polar surface area (TPSA) is 67.3 Å². The average Bonchev–Trinajstić information content (AvgIpc) is 2.84. The molecule has 1 aliphatic heterocycles. The molecule has 1 amide bonds. The van der Waals surface area contributed by atoms with Gasteiger partial charge in [0, 0.05) is 25.5 Å². The van der Waals surface area contributed by atoms with Gasteiger partial charge in [0.15, 0.2) is 0 Å². The van der Waals surface area contributed by atoms with E-state index in [9.17, 15) is 4.79 Å². The Kier molecular flexibility index (Phi) is 4.42. The first-order chi connectivity index (χ1) is 9.46. The van der Waals surface area contributed by atoms with Gasteiger partial charge in [-0.1, -0.05) is 0 Å². The van der Waals surface area contributed by atoms with Crippen molar-refractivity contribution >= 4 is 11.9 Å². The van der Waals surface area contributed by atoms with Gasteiger partial charge in [-0.25, -0.2) is 9.78 Å². The van der Waals surface area contributed by atoms with E-state index in [0.717, 1.165) is 25.2 Å². The van der Waals surface area contributed by atoms with Gasteiger partial charge in [0.25, 0.3) is 0 Å². The zero-order valence-electron chi connectivity index (χ0n) is 12.3. The molecule has 6 nitrogen and oxygen atoms in total. The Labute approximate surface area is 119 Å². The number of hydrogen-bond acceptors (Lipinski definition) is 5. The maximum atomic E-state index is 12.1. The average molecular weight is 278 g/mol. The molecule has 20 heavy (non-hydrogen) atoms. The van der Waals surface area contributed by atoms with Gasteiger partial charge in [0.1, 0.15) is 11.4 Å². The third kappa shape index (κ3) is 4.08. The van der Waals surface area contributed by atoms with Gasteiger partial charge in [-0.2, -0.15) is 0 Å². The lowest BCUT2D eigenvalue weighted by molar-refractivity contribution is 0.0235. The smallest absolute Gasteiger partial charge is 0.410 e. The predicted molar refractivity (Wildman–Crippen MR) is 76.5 cm³/mol. The van der Waals surface area contributed by atoms with Crippen molar-refractivity contribution in [2.75, 3.05) is 18.4 Å². The van der Waals surface area contributed by atoms with E-state index >= 15 is 0 Å². The van der Waals surface area contributed by atoms with Gasteiger partial charge in [0.05, 0.1) is 12.2 Å². The molecule has 0 radical (unpaired) electrons. The molecular weight excluding hydrogens is 256 g/mol. The summed E-state index contributed by atoms with van der Waals surface area (Å²) in [6, 6.07) is 0.145. The Balaban J connectivity index is 1.89. The van der Waals surface area contributed by atoms with Crippen LogP contribution in [0.25, 0.3) is 0 Å². The number of anilines is 1. The van der Waals surface area contributed by atoms with Crippen LogP contribution >= 0.6 is 0 Å². The predicted octanol–water partition coefficient (Wildman–Crippen LogP) is 2.29. The van der Waals surface area contributed by atoms with E-state index in [-0.39, 0.29) is 12.1 Å². The van der Waals surface area contributed by atoms with Crippen molar-refractivity contribution in [3.63, 3.8) is 0 Å². The minimum atomic E-state index is -0.456. The number of likely N-dealkylation sites (tertiary alicyclic amines) is 1. The molecule has 1 saturated heterocycles. The van der Waals surface area contributed by atoms with Crippen molar-refractivity contribution < 1.29 is 9.53 Å². The highest BCUT2D eigenvalue weighted by molar-refractivity contribution is 5.69. The quantitative estimate of drug-likeness (QED) is 0.918. The highest BCUT2D eigenvalue weighted by Gasteiger charge is 2.31. The number of nitrogens with one attached hydrogen (secondary N) is 1. The Morgan fingerprint density at radius 3 is 2.95 bits per heavy atom. The molecule has 110 valence electrons. The van der Waals surface area contributed by atoms with Crippen molar-refractivity contribution in [1.82, 2.24) is 14.9 Å². The fraction of sp³-hybridized carbons (Fsp3) is 0.643. The maximum absolute atomic E-state index is 12.1. The normalized spacial score (nSPS) is 18.9. The number of hydrogen-bond donors (Lipinski definition) is 1. The molecule has 2 rings (SSSR count). The van der Waals surface area contributed by atoms with Crippen LogP contribution in [0.1, 0.15) is 33.6 Å². The lowest BCUT2D eigenvalue weighted by Gasteiger charge is -2.28. The highest BCUT2D eigenvalue weighted by atomic mass is 16.6. The van der Waals surface area contributed by atoms with Crippen molar-refractivity contribution in [1.29, 1.82) is 0 Å². The van der Waals surface area contributed by atoms with Gasteiger partial charge in [-0.05, 0) is 33.6 Å². The Bertz CT molecular complexity index is 444. The van der Waals surface area contributed by atoms with Crippen LogP contribution in [0.3, 0.4) is 0 Å². The number of carbonyl (C=O) groups is 1.